The summed E-state index contributed by atoms with van der Waals surface area (Å²) in [5, 5.41) is 11.5. The zero-order chi connectivity index (χ0) is 21.0. The monoisotopic (exact) mass is 665 g/mol. The van der Waals surface area contributed by atoms with Gasteiger partial charge in [0, 0.05) is 27.4 Å². The molecule has 0 spiro atoms. The number of methoxy groups -OCH3 is 1. The number of benzene rings is 1. The molecule has 153 valence electrons. The van der Waals surface area contributed by atoms with Crippen molar-refractivity contribution < 1.29 is 27.7 Å². The topological polar surface area (TPSA) is 89.3 Å². The molecule has 0 aliphatic heterocycles. The molecule has 0 aliphatic rings. The number of nitro groups is 1. The zero-order valence-corrected chi connectivity index (χ0v) is 24.5. The third kappa shape index (κ3) is 6.43. The first-order chi connectivity index (χ1) is 13.5. The van der Waals surface area contributed by atoms with Crippen LogP contribution in [0.1, 0.15) is 24.0 Å². The summed E-state index contributed by atoms with van der Waals surface area (Å²) >= 11 is 0. The first kappa shape index (κ1) is 23.3. The van der Waals surface area contributed by atoms with E-state index < -0.39 is 8.80 Å². The fraction of sp³-hybridized carbons (Fsp3) is 0.556. The first-order valence-corrected chi connectivity index (χ1v) is 15.5. The molecule has 1 aromatic carbocycles. The Hall–Kier alpha value is -2.78. The van der Waals surface area contributed by atoms with Crippen LogP contribution in [0.3, 0.4) is 0 Å². The molecule has 8 nitrogen and oxygen atoms in total. The molecule has 1 aromatic rings. The predicted octanol–water partition coefficient (Wildman–Crippen LogP) is 3.76. The van der Waals surface area contributed by atoms with E-state index in [0.717, 1.165) is 19.8 Å². The summed E-state index contributed by atoms with van der Waals surface area (Å²) in [6.07, 6.45) is 5.50. The Morgan fingerprint density at radius 3 is 2.36 bits per heavy atom. The second kappa shape index (κ2) is 11.8. The normalized spacial score (nSPS) is 11.9. The van der Waals surface area contributed by atoms with Crippen LogP contribution in [-0.2, 0) is 24.6 Å². The SMILES string of the molecule is COc1cc(COCCCC[Si](OC)(OC)OC)c([N+](=O)[O-])cc1/C=C/[CH2][Rf]. The second-order valence-corrected chi connectivity index (χ2v) is 11.7. The van der Waals surface area contributed by atoms with E-state index in [1.165, 1.54) is 0 Å². The summed E-state index contributed by atoms with van der Waals surface area (Å²) in [6, 6.07) is 3.93. The van der Waals surface area contributed by atoms with E-state index in [1.54, 1.807) is 40.6 Å². The Bertz CT molecular complexity index is 645. The number of hydrogen-bond acceptors (Lipinski definition) is 7. The fourth-order valence-corrected chi connectivity index (χ4v) is 5.26. The molecule has 0 atom stereocenters. The molecule has 0 heterocycles. The molecule has 0 fully saturated rings. The Morgan fingerprint density at radius 1 is 1.14 bits per heavy atom. The fourth-order valence-electron chi connectivity index (χ4n) is 2.71. The van der Waals surface area contributed by atoms with Crippen LogP contribution in [0.2, 0.25) is 13.0 Å². The molecule has 0 N–H and O–H groups in total. The molecule has 28 heavy (non-hydrogen) atoms. The summed E-state index contributed by atoms with van der Waals surface area (Å²) in [5.74, 6) is 0.611. The van der Waals surface area contributed by atoms with Crippen molar-refractivity contribution in [2.75, 3.05) is 35.0 Å². The molecular weight excluding hydrogens is 637 g/mol. The van der Waals surface area contributed by atoms with Gasteiger partial charge in [0.1, 0.15) is 0 Å². The van der Waals surface area contributed by atoms with Gasteiger partial charge in [-0.05, 0) is 0 Å². The van der Waals surface area contributed by atoms with Gasteiger partial charge in [-0.2, -0.15) is 0 Å². The van der Waals surface area contributed by atoms with Crippen LogP contribution in [0.25, 0.3) is 6.08 Å². The zero-order valence-electron chi connectivity index (χ0n) is 17.1. The molecular formula is C18H28NO7RfSi. The van der Waals surface area contributed by atoms with Gasteiger partial charge < -0.3 is 13.3 Å². The predicted molar refractivity (Wildman–Crippen MR) is 104 cm³/mol. The number of hydrogen-bond donors (Lipinski definition) is 0. The van der Waals surface area contributed by atoms with E-state index in [2.05, 4.69) is 0 Å². The van der Waals surface area contributed by atoms with Crippen LogP contribution in [-0.4, -0.2) is 48.8 Å². The molecule has 0 aromatic heterocycles. The molecule has 0 unspecified atom stereocenters. The molecule has 0 saturated carbocycles. The van der Waals surface area contributed by atoms with Crippen molar-refractivity contribution in [2.24, 2.45) is 0 Å². The van der Waals surface area contributed by atoms with Crippen LogP contribution < -0.4 is 4.74 Å². The van der Waals surface area contributed by atoms with Gasteiger partial charge in [-0.1, -0.05) is 0 Å². The molecule has 10 heteroatoms. The Labute approximate surface area is 161 Å². The molecule has 0 saturated heterocycles. The summed E-state index contributed by atoms with van der Waals surface area (Å²) in [4.78, 5) is 11.1. The summed E-state index contributed by atoms with van der Waals surface area (Å²) in [6.45, 7) is 1.68. The number of nitrogens with zero attached hydrogens (tertiary/aromatic N) is 1. The van der Waals surface area contributed by atoms with Gasteiger partial charge in [0.2, 0.25) is 0 Å². The van der Waals surface area contributed by atoms with E-state index in [4.69, 9.17) is 22.8 Å². The molecule has 0 aliphatic carbocycles. The van der Waals surface area contributed by atoms with E-state index in [0.29, 0.717) is 29.5 Å². The number of unbranched alkanes of at least 4 members (excludes halogenated alkanes) is 1. The van der Waals surface area contributed by atoms with E-state index >= 15 is 0 Å². The second-order valence-electron chi connectivity index (χ2n) is 5.98. The van der Waals surface area contributed by atoms with Crippen molar-refractivity contribution in [3.63, 3.8) is 0 Å². The van der Waals surface area contributed by atoms with Gasteiger partial charge in [-0.15, -0.1) is 0 Å². The van der Waals surface area contributed by atoms with Crippen molar-refractivity contribution in [1.82, 2.24) is 0 Å². The van der Waals surface area contributed by atoms with Gasteiger partial charge >= 0.3 is 120 Å². The van der Waals surface area contributed by atoms with E-state index in [-0.39, 0.29) is 17.2 Å². The van der Waals surface area contributed by atoms with E-state index in [9.17, 15) is 10.1 Å². The van der Waals surface area contributed by atoms with Gasteiger partial charge in [0.25, 0.3) is 0 Å². The number of rotatable bonds is 14. The number of nitro benzene ring substituents is 1. The number of allylic oxidation sites excluding steroid dienone is 1. The van der Waals surface area contributed by atoms with Crippen LogP contribution in [0.15, 0.2) is 18.2 Å². The minimum atomic E-state index is -2.56. The summed E-state index contributed by atoms with van der Waals surface area (Å²) in [5.41, 5.74) is 1.26. The van der Waals surface area contributed by atoms with Crippen molar-refractivity contribution in [3.8, 4) is 5.75 Å². The standard InChI is InChI=1S/C18H28NO7Si.Rf/c1-6-9-15-12-17(19(20)21)16(13-18(15)22-2)14-26-10-7-8-11-27(23-3,24-4)25-5;/h6,9,12-13H,1,7-8,10-11,14H2,2-5H3;/b9-6+;. The average Bonchev–Trinajstić information content (AvgIpc) is 2.72. The Morgan fingerprint density at radius 2 is 1.82 bits per heavy atom. The van der Waals surface area contributed by atoms with E-state index in [1.807, 2.05) is 12.2 Å². The van der Waals surface area contributed by atoms with Crippen LogP contribution in [0.5, 0.6) is 5.75 Å². The van der Waals surface area contributed by atoms with Crippen molar-refractivity contribution in [1.29, 1.82) is 0 Å². The van der Waals surface area contributed by atoms with Gasteiger partial charge in [0.15, 0.2) is 0 Å². The Balaban J connectivity index is 2.68. The van der Waals surface area contributed by atoms with Gasteiger partial charge in [0.05, 0.1) is 0 Å². The average molecular weight is 666 g/mol. The van der Waals surface area contributed by atoms with Crippen LogP contribution in [0.4, 0.5) is 5.69 Å². The van der Waals surface area contributed by atoms with Crippen LogP contribution >= 0.6 is 0 Å². The Kier molecular flexibility index (Phi) is 9.83. The third-order valence-electron chi connectivity index (χ3n) is 4.30. The molecule has 0 radical (unpaired) electrons. The van der Waals surface area contributed by atoms with Crippen LogP contribution in [0, 0.1) is 10.1 Å². The molecule has 0 amide bonds. The van der Waals surface area contributed by atoms with Gasteiger partial charge in [-0.25, -0.2) is 0 Å². The minimum absolute atomic E-state index is 0.0459. The maximum atomic E-state index is 11.5. The van der Waals surface area contributed by atoms with Crippen molar-refractivity contribution in [2.45, 2.75) is 32.4 Å². The molecule has 0 bridgehead atoms. The van der Waals surface area contributed by atoms with Crippen molar-refractivity contribution in [3.05, 3.63) is 39.4 Å². The van der Waals surface area contributed by atoms with Crippen molar-refractivity contribution >= 4 is 20.6 Å². The quantitative estimate of drug-likeness (QED) is 0.130. The summed E-state index contributed by atoms with van der Waals surface area (Å²) < 4.78 is 27.8. The van der Waals surface area contributed by atoms with Gasteiger partial charge in [-0.3, -0.25) is 0 Å². The number of ether oxygens (including phenoxy) is 2. The summed E-state index contributed by atoms with van der Waals surface area (Å²) in [7, 11) is 3.77. The third-order valence-corrected chi connectivity index (χ3v) is 8.64. The maximum absolute atomic E-state index is 11.5. The molecule has 1 rings (SSSR count). The first-order valence-electron chi connectivity index (χ1n) is 9.01.